The molecule has 0 amide bonds. The molecule has 1 aromatic heterocycles. The lowest BCUT2D eigenvalue weighted by Gasteiger charge is -2.15. The maximum Gasteiger partial charge on any atom is 0.159 e. The van der Waals surface area contributed by atoms with E-state index in [-0.39, 0.29) is 0 Å². The van der Waals surface area contributed by atoms with Gasteiger partial charge in [0.25, 0.3) is 0 Å². The molecule has 0 atom stereocenters. The van der Waals surface area contributed by atoms with E-state index in [9.17, 15) is 0 Å². The second kappa shape index (κ2) is 5.30. The molecule has 0 aliphatic heterocycles. The van der Waals surface area contributed by atoms with E-state index in [1.165, 1.54) is 11.3 Å². The van der Waals surface area contributed by atoms with Gasteiger partial charge in [0.1, 0.15) is 0 Å². The van der Waals surface area contributed by atoms with E-state index in [2.05, 4.69) is 44.8 Å². The van der Waals surface area contributed by atoms with Crippen LogP contribution in [0.3, 0.4) is 0 Å². The number of nitrogens with zero attached hydrogens (tertiary/aromatic N) is 2. The van der Waals surface area contributed by atoms with Gasteiger partial charge in [-0.3, -0.25) is 0 Å². The van der Waals surface area contributed by atoms with Crippen molar-refractivity contribution in [2.24, 2.45) is 0 Å². The Labute approximate surface area is 109 Å². The van der Waals surface area contributed by atoms with Gasteiger partial charge in [0.2, 0.25) is 0 Å². The average Bonchev–Trinajstić information content (AvgIpc) is 2.39. The lowest BCUT2D eigenvalue weighted by atomic mass is 9.97. The van der Waals surface area contributed by atoms with Crippen molar-refractivity contribution in [2.45, 2.75) is 39.5 Å². The van der Waals surface area contributed by atoms with Gasteiger partial charge in [0, 0.05) is 11.8 Å². The molecule has 94 valence electrons. The zero-order valence-corrected chi connectivity index (χ0v) is 11.5. The first-order chi connectivity index (χ1) is 8.59. The monoisotopic (exact) mass is 240 g/mol. The van der Waals surface area contributed by atoms with Crippen LogP contribution in [0.25, 0.3) is 11.4 Å². The zero-order valence-electron chi connectivity index (χ0n) is 11.5. The number of hydrogen-bond donors (Lipinski definition) is 0. The Balaban J connectivity index is 2.50. The van der Waals surface area contributed by atoms with E-state index in [0.717, 1.165) is 11.4 Å². The summed E-state index contributed by atoms with van der Waals surface area (Å²) in [5.41, 5.74) is 3.50. The first-order valence-electron chi connectivity index (χ1n) is 6.52. The Kier molecular flexibility index (Phi) is 3.75. The molecule has 0 radical (unpaired) electrons. The summed E-state index contributed by atoms with van der Waals surface area (Å²) in [6.07, 6.45) is 1.98. The molecule has 0 N–H and O–H groups in total. The molecule has 0 saturated heterocycles. The minimum Gasteiger partial charge on any atom is -0.236 e. The summed E-state index contributed by atoms with van der Waals surface area (Å²) >= 11 is 0. The highest BCUT2D eigenvalue weighted by atomic mass is 14.9. The van der Waals surface area contributed by atoms with E-state index in [4.69, 9.17) is 4.98 Å². The Morgan fingerprint density at radius 2 is 1.56 bits per heavy atom. The molecule has 0 fully saturated rings. The van der Waals surface area contributed by atoms with E-state index < -0.39 is 0 Å². The van der Waals surface area contributed by atoms with Gasteiger partial charge in [0.05, 0.1) is 5.69 Å². The van der Waals surface area contributed by atoms with Crippen molar-refractivity contribution in [1.29, 1.82) is 0 Å². The van der Waals surface area contributed by atoms with Gasteiger partial charge in [-0.1, -0.05) is 58.0 Å². The number of benzene rings is 1. The largest absolute Gasteiger partial charge is 0.236 e. The Hall–Kier alpha value is -1.70. The maximum absolute atomic E-state index is 4.75. The van der Waals surface area contributed by atoms with Crippen LogP contribution < -0.4 is 0 Å². The van der Waals surface area contributed by atoms with Crippen LogP contribution in [0.5, 0.6) is 0 Å². The van der Waals surface area contributed by atoms with Crippen LogP contribution in [0.15, 0.2) is 36.5 Å². The minimum absolute atomic E-state index is 0.424. The van der Waals surface area contributed by atoms with Crippen LogP contribution in [0.4, 0.5) is 0 Å². The summed E-state index contributed by atoms with van der Waals surface area (Å²) < 4.78 is 0. The molecular formula is C16H20N2. The first-order valence-corrected chi connectivity index (χ1v) is 6.52. The first kappa shape index (κ1) is 12.7. The van der Waals surface area contributed by atoms with Crippen molar-refractivity contribution < 1.29 is 0 Å². The summed E-state index contributed by atoms with van der Waals surface area (Å²) in [5.74, 6) is 1.71. The minimum atomic E-state index is 0.424. The summed E-state index contributed by atoms with van der Waals surface area (Å²) in [6.45, 7) is 8.74. The Bertz CT molecular complexity index is 516. The lowest BCUT2D eigenvalue weighted by molar-refractivity contribution is 0.748. The Morgan fingerprint density at radius 3 is 2.11 bits per heavy atom. The molecule has 0 saturated carbocycles. The van der Waals surface area contributed by atoms with Gasteiger partial charge in [-0.05, 0) is 17.4 Å². The summed E-state index contributed by atoms with van der Waals surface area (Å²) in [4.78, 5) is 9.25. The van der Waals surface area contributed by atoms with Crippen molar-refractivity contribution in [3.05, 3.63) is 47.8 Å². The van der Waals surface area contributed by atoms with E-state index in [0.29, 0.717) is 11.8 Å². The highest BCUT2D eigenvalue weighted by Gasteiger charge is 2.13. The zero-order chi connectivity index (χ0) is 13.1. The van der Waals surface area contributed by atoms with Crippen LogP contribution in [0.1, 0.15) is 50.8 Å². The maximum atomic E-state index is 4.75. The van der Waals surface area contributed by atoms with Gasteiger partial charge < -0.3 is 0 Å². The van der Waals surface area contributed by atoms with Crippen LogP contribution >= 0.6 is 0 Å². The molecule has 0 bridgehead atoms. The molecule has 0 unspecified atom stereocenters. The van der Waals surface area contributed by atoms with E-state index >= 15 is 0 Å². The second-order valence-corrected chi connectivity index (χ2v) is 5.21. The molecular weight excluding hydrogens is 220 g/mol. The molecule has 2 nitrogen and oxygen atoms in total. The van der Waals surface area contributed by atoms with Crippen molar-refractivity contribution in [2.75, 3.05) is 0 Å². The molecule has 0 spiro atoms. The third-order valence-corrected chi connectivity index (χ3v) is 3.05. The van der Waals surface area contributed by atoms with E-state index in [1.807, 2.05) is 24.4 Å². The fourth-order valence-corrected chi connectivity index (χ4v) is 2.04. The molecule has 0 aliphatic carbocycles. The fourth-order valence-electron chi connectivity index (χ4n) is 2.04. The van der Waals surface area contributed by atoms with Crippen LogP contribution in [0.2, 0.25) is 0 Å². The number of rotatable bonds is 3. The number of hydrogen-bond acceptors (Lipinski definition) is 2. The lowest BCUT2D eigenvalue weighted by Crippen LogP contribution is -2.05. The SMILES string of the molecule is CC(C)c1cnc(-c2ccccc2)nc1C(C)C. The average molecular weight is 240 g/mol. The molecule has 2 aromatic rings. The quantitative estimate of drug-likeness (QED) is 0.795. The van der Waals surface area contributed by atoms with Crippen molar-refractivity contribution >= 4 is 0 Å². The fraction of sp³-hybridized carbons (Fsp3) is 0.375. The summed E-state index contributed by atoms with van der Waals surface area (Å²) in [6, 6.07) is 10.1. The van der Waals surface area contributed by atoms with Crippen LogP contribution in [0, 0.1) is 0 Å². The molecule has 0 aliphatic rings. The summed E-state index contributed by atoms with van der Waals surface area (Å²) in [5, 5.41) is 0. The standard InChI is InChI=1S/C16H20N2/c1-11(2)14-10-17-16(18-15(14)12(3)4)13-8-6-5-7-9-13/h5-12H,1-4H3. The van der Waals surface area contributed by atoms with Crippen LogP contribution in [-0.4, -0.2) is 9.97 Å². The normalized spacial score (nSPS) is 11.2. The van der Waals surface area contributed by atoms with Gasteiger partial charge in [0.15, 0.2) is 5.82 Å². The number of aromatic nitrogens is 2. The Morgan fingerprint density at radius 1 is 0.889 bits per heavy atom. The van der Waals surface area contributed by atoms with Crippen LogP contribution in [-0.2, 0) is 0 Å². The molecule has 1 aromatic carbocycles. The predicted octanol–water partition coefficient (Wildman–Crippen LogP) is 4.39. The highest BCUT2D eigenvalue weighted by Crippen LogP contribution is 2.26. The molecule has 18 heavy (non-hydrogen) atoms. The molecule has 2 rings (SSSR count). The third-order valence-electron chi connectivity index (χ3n) is 3.05. The smallest absolute Gasteiger partial charge is 0.159 e. The van der Waals surface area contributed by atoms with Crippen molar-refractivity contribution in [3.63, 3.8) is 0 Å². The topological polar surface area (TPSA) is 25.8 Å². The summed E-state index contributed by atoms with van der Waals surface area (Å²) in [7, 11) is 0. The van der Waals surface area contributed by atoms with Crippen molar-refractivity contribution in [1.82, 2.24) is 9.97 Å². The highest BCUT2D eigenvalue weighted by molar-refractivity contribution is 5.55. The van der Waals surface area contributed by atoms with Crippen molar-refractivity contribution in [3.8, 4) is 11.4 Å². The third kappa shape index (κ3) is 2.58. The van der Waals surface area contributed by atoms with E-state index in [1.54, 1.807) is 0 Å². The predicted molar refractivity (Wildman–Crippen MR) is 75.6 cm³/mol. The van der Waals surface area contributed by atoms with Gasteiger partial charge in [-0.15, -0.1) is 0 Å². The second-order valence-electron chi connectivity index (χ2n) is 5.21. The van der Waals surface area contributed by atoms with Gasteiger partial charge in [-0.25, -0.2) is 9.97 Å². The molecule has 2 heteroatoms. The van der Waals surface area contributed by atoms with Gasteiger partial charge in [-0.2, -0.15) is 0 Å². The van der Waals surface area contributed by atoms with Gasteiger partial charge >= 0.3 is 0 Å². The molecule has 1 heterocycles.